The van der Waals surface area contributed by atoms with Crippen LogP contribution in [0.1, 0.15) is 12.5 Å². The summed E-state index contributed by atoms with van der Waals surface area (Å²) in [5.41, 5.74) is 6.41. The standard InChI is InChI=1S/C11H15F2NOS/c1-2-16-10-5-3-4-9(8(10)6-14)15-7-11(12)13/h3-5,11H,2,6-7,14H2,1H3. The van der Waals surface area contributed by atoms with Crippen molar-refractivity contribution < 1.29 is 13.5 Å². The predicted octanol–water partition coefficient (Wildman–Crippen LogP) is 2.90. The molecule has 2 N–H and O–H groups in total. The second-order valence-corrected chi connectivity index (χ2v) is 4.38. The number of hydrogen-bond acceptors (Lipinski definition) is 3. The molecule has 5 heteroatoms. The Morgan fingerprint density at radius 2 is 2.19 bits per heavy atom. The van der Waals surface area contributed by atoms with Gasteiger partial charge in [-0.3, -0.25) is 0 Å². The molecule has 1 aromatic rings. The van der Waals surface area contributed by atoms with Gasteiger partial charge >= 0.3 is 0 Å². The van der Waals surface area contributed by atoms with Crippen LogP contribution in [0.4, 0.5) is 8.78 Å². The van der Waals surface area contributed by atoms with Crippen LogP contribution in [0.15, 0.2) is 23.1 Å². The average molecular weight is 247 g/mol. The second-order valence-electron chi connectivity index (χ2n) is 3.07. The molecule has 90 valence electrons. The van der Waals surface area contributed by atoms with Crippen LogP contribution in [0.5, 0.6) is 5.75 Å². The Bertz CT molecular complexity index is 334. The molecule has 0 heterocycles. The van der Waals surface area contributed by atoms with E-state index in [9.17, 15) is 8.78 Å². The van der Waals surface area contributed by atoms with Crippen molar-refractivity contribution in [2.24, 2.45) is 5.73 Å². The summed E-state index contributed by atoms with van der Waals surface area (Å²) >= 11 is 1.63. The topological polar surface area (TPSA) is 35.2 Å². The first-order valence-electron chi connectivity index (χ1n) is 5.04. The fourth-order valence-electron chi connectivity index (χ4n) is 1.33. The molecule has 0 atom stereocenters. The van der Waals surface area contributed by atoms with Crippen LogP contribution in [-0.4, -0.2) is 18.8 Å². The molecule has 0 aliphatic heterocycles. The van der Waals surface area contributed by atoms with Gasteiger partial charge in [0.2, 0.25) is 0 Å². The van der Waals surface area contributed by atoms with E-state index >= 15 is 0 Å². The zero-order valence-corrected chi connectivity index (χ0v) is 9.90. The Kier molecular flexibility index (Phi) is 5.55. The molecule has 0 fully saturated rings. The first-order chi connectivity index (χ1) is 7.69. The van der Waals surface area contributed by atoms with Crippen LogP contribution in [0.25, 0.3) is 0 Å². The Morgan fingerprint density at radius 1 is 1.44 bits per heavy atom. The Morgan fingerprint density at radius 3 is 2.75 bits per heavy atom. The highest BCUT2D eigenvalue weighted by molar-refractivity contribution is 7.99. The van der Waals surface area contributed by atoms with Gasteiger partial charge in [0.25, 0.3) is 6.43 Å². The van der Waals surface area contributed by atoms with E-state index in [-0.39, 0.29) is 0 Å². The van der Waals surface area contributed by atoms with Crippen LogP contribution < -0.4 is 10.5 Å². The van der Waals surface area contributed by atoms with Gasteiger partial charge in [0.05, 0.1) is 0 Å². The first-order valence-corrected chi connectivity index (χ1v) is 6.03. The van der Waals surface area contributed by atoms with E-state index in [1.807, 2.05) is 13.0 Å². The van der Waals surface area contributed by atoms with Gasteiger partial charge in [0.1, 0.15) is 12.4 Å². The van der Waals surface area contributed by atoms with Crippen LogP contribution in [0.3, 0.4) is 0 Å². The van der Waals surface area contributed by atoms with Gasteiger partial charge in [-0.05, 0) is 17.9 Å². The van der Waals surface area contributed by atoms with Crippen molar-refractivity contribution in [1.82, 2.24) is 0 Å². The molecule has 16 heavy (non-hydrogen) atoms. The summed E-state index contributed by atoms with van der Waals surface area (Å²) in [6.07, 6.45) is -2.46. The minimum absolute atomic E-state index is 0.293. The number of rotatable bonds is 6. The third kappa shape index (κ3) is 3.64. The molecule has 0 aliphatic carbocycles. The fraction of sp³-hybridized carbons (Fsp3) is 0.455. The van der Waals surface area contributed by atoms with Gasteiger partial charge in [-0.15, -0.1) is 11.8 Å². The van der Waals surface area contributed by atoms with Crippen LogP contribution >= 0.6 is 11.8 Å². The second kappa shape index (κ2) is 6.70. The van der Waals surface area contributed by atoms with Crippen molar-refractivity contribution in [2.45, 2.75) is 24.8 Å². The monoisotopic (exact) mass is 247 g/mol. The molecule has 0 saturated heterocycles. The Hall–Kier alpha value is -0.810. The van der Waals surface area contributed by atoms with Crippen LogP contribution in [-0.2, 0) is 6.54 Å². The smallest absolute Gasteiger partial charge is 0.272 e. The number of halogens is 2. The maximum atomic E-state index is 12.0. The molecular weight excluding hydrogens is 232 g/mol. The van der Waals surface area contributed by atoms with Crippen molar-refractivity contribution in [3.8, 4) is 5.75 Å². The summed E-state index contributed by atoms with van der Waals surface area (Å²) in [6.45, 7) is 1.73. The Balaban J connectivity index is 2.85. The number of alkyl halides is 2. The SMILES string of the molecule is CCSc1cccc(OCC(F)F)c1CN. The molecule has 0 radical (unpaired) electrons. The van der Waals surface area contributed by atoms with Crippen molar-refractivity contribution in [2.75, 3.05) is 12.4 Å². The van der Waals surface area contributed by atoms with Gasteiger partial charge < -0.3 is 10.5 Å². The minimum atomic E-state index is -2.46. The number of hydrogen-bond donors (Lipinski definition) is 1. The summed E-state index contributed by atoms with van der Waals surface area (Å²) < 4.78 is 29.1. The molecule has 0 spiro atoms. The highest BCUT2D eigenvalue weighted by atomic mass is 32.2. The zero-order chi connectivity index (χ0) is 12.0. The normalized spacial score (nSPS) is 10.8. The summed E-state index contributed by atoms with van der Waals surface area (Å²) in [5, 5.41) is 0. The first kappa shape index (κ1) is 13.3. The maximum absolute atomic E-state index is 12.0. The van der Waals surface area contributed by atoms with E-state index in [0.717, 1.165) is 16.2 Å². The van der Waals surface area contributed by atoms with Crippen molar-refractivity contribution >= 4 is 11.8 Å². The molecular formula is C11H15F2NOS. The lowest BCUT2D eigenvalue weighted by atomic mass is 10.2. The molecule has 0 amide bonds. The number of ether oxygens (including phenoxy) is 1. The fourth-order valence-corrected chi connectivity index (χ4v) is 2.17. The lowest BCUT2D eigenvalue weighted by Crippen LogP contribution is -2.10. The van der Waals surface area contributed by atoms with Gasteiger partial charge in [-0.1, -0.05) is 13.0 Å². The summed E-state index contributed by atoms with van der Waals surface area (Å²) in [6, 6.07) is 5.38. The maximum Gasteiger partial charge on any atom is 0.272 e. The summed E-state index contributed by atoms with van der Waals surface area (Å²) in [5.74, 6) is 1.37. The van der Waals surface area contributed by atoms with Crippen molar-refractivity contribution in [1.29, 1.82) is 0 Å². The number of nitrogens with two attached hydrogens (primary N) is 1. The van der Waals surface area contributed by atoms with E-state index < -0.39 is 13.0 Å². The summed E-state index contributed by atoms with van der Waals surface area (Å²) in [7, 11) is 0. The lowest BCUT2D eigenvalue weighted by molar-refractivity contribution is 0.0813. The molecule has 1 aromatic carbocycles. The number of benzene rings is 1. The Labute approximate surface area is 98.2 Å². The predicted molar refractivity (Wildman–Crippen MR) is 62.2 cm³/mol. The van der Waals surface area contributed by atoms with E-state index in [0.29, 0.717) is 12.3 Å². The molecule has 1 rings (SSSR count). The van der Waals surface area contributed by atoms with Gasteiger partial charge in [0.15, 0.2) is 0 Å². The van der Waals surface area contributed by atoms with E-state index in [1.54, 1.807) is 23.9 Å². The van der Waals surface area contributed by atoms with Gasteiger partial charge in [0, 0.05) is 17.0 Å². The van der Waals surface area contributed by atoms with Crippen molar-refractivity contribution in [3.05, 3.63) is 23.8 Å². The molecule has 0 aromatic heterocycles. The largest absolute Gasteiger partial charge is 0.487 e. The third-order valence-electron chi connectivity index (χ3n) is 1.96. The van der Waals surface area contributed by atoms with Crippen molar-refractivity contribution in [3.63, 3.8) is 0 Å². The summed E-state index contributed by atoms with van der Waals surface area (Å²) in [4.78, 5) is 0.997. The molecule has 0 saturated carbocycles. The highest BCUT2D eigenvalue weighted by Gasteiger charge is 2.10. The van der Waals surface area contributed by atoms with Crippen LogP contribution in [0, 0.1) is 0 Å². The molecule has 0 unspecified atom stereocenters. The molecule has 0 aliphatic rings. The van der Waals surface area contributed by atoms with E-state index in [4.69, 9.17) is 10.5 Å². The van der Waals surface area contributed by atoms with Crippen LogP contribution in [0.2, 0.25) is 0 Å². The quantitative estimate of drug-likeness (QED) is 0.785. The zero-order valence-electron chi connectivity index (χ0n) is 9.08. The average Bonchev–Trinajstić information content (AvgIpc) is 2.27. The number of thioether (sulfide) groups is 1. The van der Waals surface area contributed by atoms with Gasteiger partial charge in [-0.2, -0.15) is 0 Å². The molecule has 2 nitrogen and oxygen atoms in total. The highest BCUT2D eigenvalue weighted by Crippen LogP contribution is 2.29. The van der Waals surface area contributed by atoms with E-state index in [2.05, 4.69) is 0 Å². The third-order valence-corrected chi connectivity index (χ3v) is 2.94. The van der Waals surface area contributed by atoms with E-state index in [1.165, 1.54) is 0 Å². The molecule has 0 bridgehead atoms. The minimum Gasteiger partial charge on any atom is -0.487 e. The van der Waals surface area contributed by atoms with Gasteiger partial charge in [-0.25, -0.2) is 8.78 Å². The lowest BCUT2D eigenvalue weighted by Gasteiger charge is -2.13.